The van der Waals surface area contributed by atoms with Gasteiger partial charge in [-0.2, -0.15) is 0 Å². The van der Waals surface area contributed by atoms with Gasteiger partial charge in [-0.25, -0.2) is 0 Å². The van der Waals surface area contributed by atoms with Gasteiger partial charge in [-0.15, -0.1) is 0 Å². The molecule has 2 N–H and O–H groups in total. The SMILES string of the molecule is CN1C(=O)C(c2cc(C(C)(C)C)c(O)c(C(C)(C)C)c2)(C2CNc3ccccc32)c2ccccc21. The molecule has 0 fully saturated rings. The van der Waals surface area contributed by atoms with E-state index in [1.54, 1.807) is 0 Å². The third-order valence-electron chi connectivity index (χ3n) is 7.87. The molecule has 4 nitrogen and oxygen atoms in total. The first-order chi connectivity index (χ1) is 16.4. The lowest BCUT2D eigenvalue weighted by atomic mass is 9.63. The molecule has 3 aromatic carbocycles. The first kappa shape index (κ1) is 23.5. The van der Waals surface area contributed by atoms with Crippen LogP contribution in [0.4, 0.5) is 11.4 Å². The highest BCUT2D eigenvalue weighted by atomic mass is 16.3. The maximum absolute atomic E-state index is 14.5. The molecular weight excluding hydrogens is 432 g/mol. The Morgan fingerprint density at radius 2 is 1.49 bits per heavy atom. The van der Waals surface area contributed by atoms with Crippen LogP contribution in [0.3, 0.4) is 0 Å². The maximum Gasteiger partial charge on any atom is 0.242 e. The molecule has 0 spiro atoms. The van der Waals surface area contributed by atoms with Crippen molar-refractivity contribution < 1.29 is 9.90 Å². The lowest BCUT2D eigenvalue weighted by Gasteiger charge is -2.38. The molecule has 3 aromatic rings. The summed E-state index contributed by atoms with van der Waals surface area (Å²) in [5.41, 5.74) is 5.44. The zero-order chi connectivity index (χ0) is 25.3. The second-order valence-corrected chi connectivity index (χ2v) is 12.1. The molecule has 5 rings (SSSR count). The number of fused-ring (bicyclic) bond motifs is 2. The van der Waals surface area contributed by atoms with Crippen molar-refractivity contribution in [2.24, 2.45) is 0 Å². The van der Waals surface area contributed by atoms with Crippen LogP contribution in [-0.2, 0) is 21.0 Å². The van der Waals surface area contributed by atoms with Gasteiger partial charge in [0.15, 0.2) is 0 Å². The monoisotopic (exact) mass is 468 g/mol. The lowest BCUT2D eigenvalue weighted by molar-refractivity contribution is -0.122. The number of anilines is 2. The number of benzene rings is 3. The lowest BCUT2D eigenvalue weighted by Crippen LogP contribution is -2.45. The molecule has 182 valence electrons. The molecule has 0 saturated carbocycles. The first-order valence-corrected chi connectivity index (χ1v) is 12.5. The van der Waals surface area contributed by atoms with Crippen molar-refractivity contribution in [3.8, 4) is 5.75 Å². The average Bonchev–Trinajstić information content (AvgIpc) is 3.31. The number of carbonyl (C=O) groups is 1. The third-order valence-corrected chi connectivity index (χ3v) is 7.87. The van der Waals surface area contributed by atoms with E-state index in [1.807, 2.05) is 36.2 Å². The van der Waals surface area contributed by atoms with E-state index in [0.29, 0.717) is 12.3 Å². The molecule has 2 aliphatic rings. The summed E-state index contributed by atoms with van der Waals surface area (Å²) < 4.78 is 0. The smallest absolute Gasteiger partial charge is 0.242 e. The van der Waals surface area contributed by atoms with Crippen molar-refractivity contribution in [2.45, 2.75) is 63.7 Å². The van der Waals surface area contributed by atoms with E-state index >= 15 is 0 Å². The molecule has 2 aliphatic heterocycles. The van der Waals surface area contributed by atoms with Crippen molar-refractivity contribution in [3.05, 3.63) is 88.5 Å². The second kappa shape index (κ2) is 7.61. The first-order valence-electron chi connectivity index (χ1n) is 12.5. The van der Waals surface area contributed by atoms with Crippen molar-refractivity contribution in [1.29, 1.82) is 0 Å². The van der Waals surface area contributed by atoms with Gasteiger partial charge in [0, 0.05) is 30.9 Å². The van der Waals surface area contributed by atoms with Crippen molar-refractivity contribution >= 4 is 17.3 Å². The molecule has 0 aliphatic carbocycles. The van der Waals surface area contributed by atoms with Gasteiger partial charge in [0.25, 0.3) is 0 Å². The van der Waals surface area contributed by atoms with Crippen LogP contribution in [0.2, 0.25) is 0 Å². The number of para-hydroxylation sites is 2. The Balaban J connectivity index is 1.91. The highest BCUT2D eigenvalue weighted by Crippen LogP contribution is 2.57. The number of phenolic OH excluding ortho intramolecular Hbond substituents is 1. The van der Waals surface area contributed by atoms with Crippen molar-refractivity contribution in [1.82, 2.24) is 0 Å². The fraction of sp³-hybridized carbons (Fsp3) is 0.387. The van der Waals surface area contributed by atoms with Gasteiger partial charge in [0.1, 0.15) is 11.2 Å². The van der Waals surface area contributed by atoms with E-state index in [2.05, 4.69) is 83.3 Å². The minimum Gasteiger partial charge on any atom is -0.507 e. The van der Waals surface area contributed by atoms with Gasteiger partial charge in [0.05, 0.1) is 0 Å². The van der Waals surface area contributed by atoms with Crippen LogP contribution in [-0.4, -0.2) is 24.6 Å². The number of hydrogen-bond donors (Lipinski definition) is 2. The Kier molecular flexibility index (Phi) is 5.11. The second-order valence-electron chi connectivity index (χ2n) is 12.1. The van der Waals surface area contributed by atoms with Crippen LogP contribution in [0.5, 0.6) is 5.75 Å². The van der Waals surface area contributed by atoms with Crippen molar-refractivity contribution in [3.63, 3.8) is 0 Å². The van der Waals surface area contributed by atoms with E-state index in [1.165, 1.54) is 0 Å². The predicted octanol–water partition coefficient (Wildman–Crippen LogP) is 6.46. The summed E-state index contributed by atoms with van der Waals surface area (Å²) in [6, 6.07) is 20.7. The molecule has 1 amide bonds. The third kappa shape index (κ3) is 3.30. The number of phenols is 1. The number of amides is 1. The number of carbonyl (C=O) groups excluding carboxylic acids is 1. The normalized spacial score (nSPS) is 21.6. The molecular formula is C31H36N2O2. The van der Waals surface area contributed by atoms with Gasteiger partial charge >= 0.3 is 0 Å². The van der Waals surface area contributed by atoms with E-state index in [9.17, 15) is 9.90 Å². The van der Waals surface area contributed by atoms with E-state index in [0.717, 1.165) is 39.2 Å². The molecule has 2 heterocycles. The van der Waals surface area contributed by atoms with E-state index in [4.69, 9.17) is 0 Å². The number of rotatable bonds is 2. The summed E-state index contributed by atoms with van der Waals surface area (Å²) >= 11 is 0. The minimum absolute atomic E-state index is 0.0765. The fourth-order valence-electron chi connectivity index (χ4n) is 6.08. The summed E-state index contributed by atoms with van der Waals surface area (Å²) in [6.45, 7) is 13.4. The Morgan fingerprint density at radius 3 is 2.11 bits per heavy atom. The molecule has 0 radical (unpaired) electrons. The van der Waals surface area contributed by atoms with E-state index in [-0.39, 0.29) is 22.7 Å². The Bertz CT molecular complexity index is 1290. The minimum atomic E-state index is -0.904. The summed E-state index contributed by atoms with van der Waals surface area (Å²) in [6.07, 6.45) is 0. The van der Waals surface area contributed by atoms with Crippen LogP contribution in [0.25, 0.3) is 0 Å². The standard InChI is InChI=1S/C31H36N2O2/c1-29(2,3)22-16-19(17-23(27(22)34)30(4,5)6)31(24-18-32-25-14-10-8-12-20(24)25)21-13-9-11-15-26(21)33(7)28(31)35/h8-17,24,32,34H,18H2,1-7H3. The fourth-order valence-corrected chi connectivity index (χ4v) is 6.08. The van der Waals surface area contributed by atoms with Crippen LogP contribution in [0, 0.1) is 0 Å². The van der Waals surface area contributed by atoms with Crippen LogP contribution in [0.15, 0.2) is 60.7 Å². The molecule has 0 bridgehead atoms. The number of aromatic hydroxyl groups is 1. The van der Waals surface area contributed by atoms with Crippen LogP contribution >= 0.6 is 0 Å². The number of nitrogens with zero attached hydrogens (tertiary/aromatic N) is 1. The molecule has 2 atom stereocenters. The molecule has 0 aromatic heterocycles. The highest BCUT2D eigenvalue weighted by molar-refractivity contribution is 6.11. The Morgan fingerprint density at radius 1 is 0.914 bits per heavy atom. The van der Waals surface area contributed by atoms with E-state index < -0.39 is 5.41 Å². The zero-order valence-corrected chi connectivity index (χ0v) is 21.9. The number of hydrogen-bond acceptors (Lipinski definition) is 3. The molecule has 2 unspecified atom stereocenters. The number of nitrogens with one attached hydrogen (secondary N) is 1. The summed E-state index contributed by atoms with van der Waals surface area (Å²) in [4.78, 5) is 16.3. The summed E-state index contributed by atoms with van der Waals surface area (Å²) in [5, 5.41) is 15.0. The zero-order valence-electron chi connectivity index (χ0n) is 21.9. The number of likely N-dealkylation sites (N-methyl/N-ethyl adjacent to an activating group) is 1. The highest BCUT2D eigenvalue weighted by Gasteiger charge is 2.58. The summed E-state index contributed by atoms with van der Waals surface area (Å²) in [7, 11) is 1.88. The predicted molar refractivity (Wildman–Crippen MR) is 144 cm³/mol. The van der Waals surface area contributed by atoms with Crippen molar-refractivity contribution in [2.75, 3.05) is 23.8 Å². The van der Waals surface area contributed by atoms with Gasteiger partial charge in [-0.05, 0) is 50.8 Å². The average molecular weight is 469 g/mol. The molecule has 35 heavy (non-hydrogen) atoms. The van der Waals surface area contributed by atoms with Gasteiger partial charge < -0.3 is 15.3 Å². The molecule has 4 heteroatoms. The molecule has 0 saturated heterocycles. The Hall–Kier alpha value is -3.27. The Labute approximate surface area is 209 Å². The largest absolute Gasteiger partial charge is 0.507 e. The van der Waals surface area contributed by atoms with Gasteiger partial charge in [0.2, 0.25) is 5.91 Å². The van der Waals surface area contributed by atoms with Gasteiger partial charge in [-0.3, -0.25) is 4.79 Å². The summed E-state index contributed by atoms with van der Waals surface area (Å²) in [5.74, 6) is 0.330. The van der Waals surface area contributed by atoms with Gasteiger partial charge in [-0.1, -0.05) is 90.1 Å². The van der Waals surface area contributed by atoms with Crippen LogP contribution in [0.1, 0.15) is 75.3 Å². The maximum atomic E-state index is 14.5. The topological polar surface area (TPSA) is 52.6 Å². The quantitative estimate of drug-likeness (QED) is 0.454. The van der Waals surface area contributed by atoms with Crippen LogP contribution < -0.4 is 10.2 Å².